The first-order chi connectivity index (χ1) is 11.3. The van der Waals surface area contributed by atoms with E-state index in [1.807, 2.05) is 0 Å². The smallest absolute Gasteiger partial charge is 0.171 e. The van der Waals surface area contributed by atoms with E-state index in [0.29, 0.717) is 37.7 Å². The third-order valence-electron chi connectivity index (χ3n) is 3.55. The molecule has 0 heterocycles. The van der Waals surface area contributed by atoms with E-state index in [-0.39, 0.29) is 19.3 Å². The molecule has 0 unspecified atom stereocenters. The molecule has 0 N–H and O–H groups in total. The van der Waals surface area contributed by atoms with Crippen molar-refractivity contribution < 1.29 is 39.5 Å². The predicted octanol–water partition coefficient (Wildman–Crippen LogP) is 7.67. The molecule has 0 radical (unpaired) electrons. The lowest BCUT2D eigenvalue weighted by Gasteiger charge is -2.18. The maximum atomic E-state index is 12.1. The Bertz CT molecular complexity index is 281. The first-order valence-corrected chi connectivity index (χ1v) is 10.1. The average Bonchev–Trinajstić information content (AvgIpc) is 2.40. The third kappa shape index (κ3) is 20.0. The van der Waals surface area contributed by atoms with E-state index in [2.05, 4.69) is 0 Å². The van der Waals surface area contributed by atoms with Crippen LogP contribution in [0.15, 0.2) is 0 Å². The molecule has 0 aromatic carbocycles. The van der Waals surface area contributed by atoms with Gasteiger partial charge in [0.15, 0.2) is 0 Å². The van der Waals surface area contributed by atoms with Gasteiger partial charge in [0.2, 0.25) is 0 Å². The zero-order valence-electron chi connectivity index (χ0n) is 13.8. The Balaban J connectivity index is 4.12. The highest BCUT2D eigenvalue weighted by atomic mass is 31.1. The summed E-state index contributed by atoms with van der Waals surface area (Å²) in [5.74, 6) is 0. The number of hydrogen-bond donors (Lipinski definition) is 0. The fourth-order valence-electron chi connectivity index (χ4n) is 2.32. The van der Waals surface area contributed by atoms with Crippen molar-refractivity contribution in [3.8, 4) is 0 Å². The molecule has 0 saturated carbocycles. The van der Waals surface area contributed by atoms with E-state index in [4.69, 9.17) is 0 Å². The molecule has 25 heavy (non-hydrogen) atoms. The first-order valence-electron chi connectivity index (χ1n) is 8.21. The molecule has 0 aliphatic heterocycles. The molecule has 0 bridgehead atoms. The fourth-order valence-corrected chi connectivity index (χ4v) is 5.00. The van der Waals surface area contributed by atoms with Crippen LogP contribution in [0, 0.1) is 0 Å². The van der Waals surface area contributed by atoms with Crippen LogP contribution in [-0.2, 0) is 0 Å². The molecule has 0 spiro atoms. The van der Waals surface area contributed by atoms with E-state index >= 15 is 0 Å². The molecule has 10 heteroatoms. The minimum atomic E-state index is -4.23. The van der Waals surface area contributed by atoms with Crippen LogP contribution in [0.4, 0.5) is 39.5 Å². The van der Waals surface area contributed by atoms with Gasteiger partial charge in [-0.3, -0.25) is 0 Å². The topological polar surface area (TPSA) is 0 Å². The minimum absolute atomic E-state index is 0.0482. The van der Waals surface area contributed by atoms with Crippen molar-refractivity contribution in [2.24, 2.45) is 0 Å². The van der Waals surface area contributed by atoms with Crippen molar-refractivity contribution in [2.45, 2.75) is 76.3 Å². The minimum Gasteiger partial charge on any atom is -0.171 e. The molecule has 0 atom stereocenters. The molecule has 0 fully saturated rings. The van der Waals surface area contributed by atoms with Gasteiger partial charge in [-0.2, -0.15) is 39.5 Å². The van der Waals surface area contributed by atoms with Gasteiger partial charge in [-0.15, -0.1) is 7.92 Å². The summed E-state index contributed by atoms with van der Waals surface area (Å²) in [4.78, 5) is 0. The highest BCUT2D eigenvalue weighted by Crippen LogP contribution is 2.40. The highest BCUT2D eigenvalue weighted by Gasteiger charge is 2.28. The molecule has 0 aliphatic carbocycles. The first kappa shape index (κ1) is 24.8. The van der Waals surface area contributed by atoms with Gasteiger partial charge in [-0.05, 0) is 57.0 Å². The van der Waals surface area contributed by atoms with Gasteiger partial charge in [0.1, 0.15) is 0 Å². The normalized spacial score (nSPS) is 13.7. The van der Waals surface area contributed by atoms with Crippen LogP contribution in [0.5, 0.6) is 0 Å². The summed E-state index contributed by atoms with van der Waals surface area (Å²) in [6, 6.07) is 0. The largest absolute Gasteiger partial charge is 0.389 e. The van der Waals surface area contributed by atoms with Crippen molar-refractivity contribution in [1.29, 1.82) is 0 Å². The van der Waals surface area contributed by atoms with Crippen molar-refractivity contribution in [3.05, 3.63) is 0 Å². The lowest BCUT2D eigenvalue weighted by molar-refractivity contribution is -0.136. The number of rotatable bonds is 12. The summed E-state index contributed by atoms with van der Waals surface area (Å²) in [6.45, 7) is 0. The molecule has 0 nitrogen and oxygen atoms in total. The summed E-state index contributed by atoms with van der Waals surface area (Å²) >= 11 is 0. The fraction of sp³-hybridized carbons (Fsp3) is 1.00. The predicted molar refractivity (Wildman–Crippen MR) is 81.2 cm³/mol. The number of alkyl halides is 9. The van der Waals surface area contributed by atoms with E-state index in [1.54, 1.807) is 0 Å². The van der Waals surface area contributed by atoms with Gasteiger partial charge in [-0.25, -0.2) is 0 Å². The van der Waals surface area contributed by atoms with E-state index in [1.165, 1.54) is 0 Å². The molecule has 0 aliphatic rings. The van der Waals surface area contributed by atoms with Gasteiger partial charge < -0.3 is 0 Å². The zero-order valence-corrected chi connectivity index (χ0v) is 14.7. The molecular weight excluding hydrogens is 382 g/mol. The second kappa shape index (κ2) is 11.5. The van der Waals surface area contributed by atoms with Crippen LogP contribution in [0.25, 0.3) is 0 Å². The maximum absolute atomic E-state index is 12.1. The Hall–Kier alpha value is -0.200. The Labute approximate surface area is 143 Å². The maximum Gasteiger partial charge on any atom is 0.389 e. The van der Waals surface area contributed by atoms with Crippen LogP contribution in [-0.4, -0.2) is 37.0 Å². The number of halogens is 9. The second-order valence-corrected chi connectivity index (χ2v) is 8.74. The van der Waals surface area contributed by atoms with Gasteiger partial charge in [0.25, 0.3) is 0 Å². The Morgan fingerprint density at radius 1 is 0.400 bits per heavy atom. The SMILES string of the molecule is FC(F)(F)CCCCP(CCCCC(F)(F)F)CCCCC(F)(F)F. The van der Waals surface area contributed by atoms with E-state index in [9.17, 15) is 39.5 Å². The highest BCUT2D eigenvalue weighted by molar-refractivity contribution is 7.57. The monoisotopic (exact) mass is 406 g/mol. The zero-order chi connectivity index (χ0) is 19.6. The number of hydrogen-bond acceptors (Lipinski definition) is 0. The van der Waals surface area contributed by atoms with Crippen molar-refractivity contribution in [1.82, 2.24) is 0 Å². The summed E-state index contributed by atoms with van der Waals surface area (Å²) < 4.78 is 109. The lowest BCUT2D eigenvalue weighted by atomic mass is 10.2. The molecule has 0 rings (SSSR count). The van der Waals surface area contributed by atoms with Crippen LogP contribution in [0.1, 0.15) is 57.8 Å². The van der Waals surface area contributed by atoms with Gasteiger partial charge in [0.05, 0.1) is 0 Å². The third-order valence-corrected chi connectivity index (χ3v) is 6.40. The van der Waals surface area contributed by atoms with Crippen LogP contribution in [0.3, 0.4) is 0 Å². The Kier molecular flexibility index (Phi) is 11.4. The summed E-state index contributed by atoms with van der Waals surface area (Å²) in [7, 11) is -0.805. The summed E-state index contributed by atoms with van der Waals surface area (Å²) in [5.41, 5.74) is 0. The molecular formula is C15H24F9P. The van der Waals surface area contributed by atoms with Crippen LogP contribution >= 0.6 is 7.92 Å². The Morgan fingerprint density at radius 2 is 0.640 bits per heavy atom. The van der Waals surface area contributed by atoms with Crippen molar-refractivity contribution >= 4 is 7.92 Å². The average molecular weight is 406 g/mol. The number of unbranched alkanes of at least 4 members (excludes halogenated alkanes) is 3. The van der Waals surface area contributed by atoms with Gasteiger partial charge in [-0.1, -0.05) is 0 Å². The standard InChI is InChI=1S/C15H24F9P/c16-13(17,18)7-1-4-10-25(11-5-2-8-14(19,20)21)12-6-3-9-15(22,23)24/h1-12H2. The van der Waals surface area contributed by atoms with Crippen molar-refractivity contribution in [2.75, 3.05) is 18.5 Å². The van der Waals surface area contributed by atoms with E-state index < -0.39 is 45.7 Å². The molecule has 152 valence electrons. The molecule has 0 aromatic heterocycles. The quantitative estimate of drug-likeness (QED) is 0.177. The van der Waals surface area contributed by atoms with Gasteiger partial charge >= 0.3 is 18.5 Å². The lowest BCUT2D eigenvalue weighted by Crippen LogP contribution is -2.08. The molecule has 0 amide bonds. The van der Waals surface area contributed by atoms with Gasteiger partial charge in [0, 0.05) is 19.3 Å². The van der Waals surface area contributed by atoms with Crippen LogP contribution < -0.4 is 0 Å². The summed E-state index contributed by atoms with van der Waals surface area (Å²) in [5, 5.41) is 0. The molecule has 0 saturated heterocycles. The van der Waals surface area contributed by atoms with Crippen molar-refractivity contribution in [3.63, 3.8) is 0 Å². The summed E-state index contributed by atoms with van der Waals surface area (Å²) in [6.07, 6.45) is -13.2. The Morgan fingerprint density at radius 3 is 0.840 bits per heavy atom. The van der Waals surface area contributed by atoms with E-state index in [0.717, 1.165) is 0 Å². The molecule has 0 aromatic rings. The van der Waals surface area contributed by atoms with Crippen LogP contribution in [0.2, 0.25) is 0 Å². The second-order valence-electron chi connectivity index (χ2n) is 6.06.